The molecule has 2 rings (SSSR count). The van der Waals surface area contributed by atoms with Crippen LogP contribution in [0.15, 0.2) is 0 Å². The molecule has 1 aliphatic heterocycles. The summed E-state index contributed by atoms with van der Waals surface area (Å²) in [5.74, 6) is 0.286. The number of hydrogen-bond acceptors (Lipinski definition) is 7. The van der Waals surface area contributed by atoms with Crippen molar-refractivity contribution < 1.29 is 14.4 Å². The van der Waals surface area contributed by atoms with Crippen molar-refractivity contribution in [2.75, 3.05) is 25.6 Å². The first kappa shape index (κ1) is 14.4. The van der Waals surface area contributed by atoms with Crippen LogP contribution in [-0.2, 0) is 4.74 Å². The van der Waals surface area contributed by atoms with Crippen molar-refractivity contribution in [1.29, 1.82) is 0 Å². The normalized spacial score (nSPS) is 18.6. The molecule has 1 aromatic heterocycles. The number of ether oxygens (including phenoxy) is 2. The molecule has 1 aliphatic rings. The Hall–Kier alpha value is -1.96. The van der Waals surface area contributed by atoms with Gasteiger partial charge in [-0.15, -0.1) is 0 Å². The van der Waals surface area contributed by atoms with Gasteiger partial charge in [0, 0.05) is 13.7 Å². The van der Waals surface area contributed by atoms with Crippen molar-refractivity contribution in [3.8, 4) is 5.88 Å². The zero-order valence-corrected chi connectivity index (χ0v) is 11.6. The van der Waals surface area contributed by atoms with Gasteiger partial charge < -0.3 is 14.8 Å². The summed E-state index contributed by atoms with van der Waals surface area (Å²) in [7, 11) is 1.65. The summed E-state index contributed by atoms with van der Waals surface area (Å²) in [4.78, 5) is 18.6. The predicted molar refractivity (Wildman–Crippen MR) is 72.1 cm³/mol. The van der Waals surface area contributed by atoms with Gasteiger partial charge in [-0.1, -0.05) is 0 Å². The van der Waals surface area contributed by atoms with E-state index in [2.05, 4.69) is 15.3 Å². The third kappa shape index (κ3) is 3.32. The zero-order valence-electron chi connectivity index (χ0n) is 11.6. The van der Waals surface area contributed by atoms with E-state index in [9.17, 15) is 10.1 Å². The second kappa shape index (κ2) is 6.47. The highest BCUT2D eigenvalue weighted by Crippen LogP contribution is 2.29. The first-order valence-electron chi connectivity index (χ1n) is 6.57. The van der Waals surface area contributed by atoms with Gasteiger partial charge in [0.15, 0.2) is 0 Å². The Morgan fingerprint density at radius 3 is 2.90 bits per heavy atom. The van der Waals surface area contributed by atoms with E-state index in [4.69, 9.17) is 9.47 Å². The average Bonchev–Trinajstić information content (AvgIpc) is 2.45. The van der Waals surface area contributed by atoms with Crippen LogP contribution >= 0.6 is 0 Å². The third-order valence-electron chi connectivity index (χ3n) is 3.11. The number of anilines is 1. The maximum Gasteiger partial charge on any atom is 0.352 e. The maximum atomic E-state index is 11.1. The van der Waals surface area contributed by atoms with Gasteiger partial charge in [-0.2, -0.15) is 4.98 Å². The van der Waals surface area contributed by atoms with Gasteiger partial charge in [-0.05, 0) is 26.2 Å². The molecule has 1 saturated heterocycles. The molecule has 1 N–H and O–H groups in total. The molecule has 0 aromatic carbocycles. The van der Waals surface area contributed by atoms with Gasteiger partial charge in [0.05, 0.1) is 11.0 Å². The van der Waals surface area contributed by atoms with Crippen molar-refractivity contribution in [2.24, 2.45) is 0 Å². The summed E-state index contributed by atoms with van der Waals surface area (Å²) < 4.78 is 11.0. The topological polar surface area (TPSA) is 99.4 Å². The summed E-state index contributed by atoms with van der Waals surface area (Å²) in [6, 6.07) is 0. The van der Waals surface area contributed by atoms with Crippen molar-refractivity contribution in [1.82, 2.24) is 9.97 Å². The largest absolute Gasteiger partial charge is 0.470 e. The van der Waals surface area contributed by atoms with Crippen LogP contribution in [-0.4, -0.2) is 41.3 Å². The molecule has 1 unspecified atom stereocenters. The number of hydrogen-bond donors (Lipinski definition) is 1. The predicted octanol–water partition coefficient (Wildman–Crippen LogP) is 1.68. The van der Waals surface area contributed by atoms with Gasteiger partial charge in [-0.25, -0.2) is 4.98 Å². The second-order valence-corrected chi connectivity index (χ2v) is 4.59. The molecule has 8 heteroatoms. The lowest BCUT2D eigenvalue weighted by Crippen LogP contribution is -2.26. The van der Waals surface area contributed by atoms with E-state index in [-0.39, 0.29) is 30.0 Å². The summed E-state index contributed by atoms with van der Waals surface area (Å²) in [5.41, 5.74) is 0.0775. The van der Waals surface area contributed by atoms with Crippen LogP contribution < -0.4 is 10.1 Å². The van der Waals surface area contributed by atoms with Gasteiger partial charge in [-0.3, -0.25) is 10.1 Å². The lowest BCUT2D eigenvalue weighted by molar-refractivity contribution is -0.387. The van der Waals surface area contributed by atoms with Crippen molar-refractivity contribution in [3.63, 3.8) is 0 Å². The van der Waals surface area contributed by atoms with Gasteiger partial charge in [0.25, 0.3) is 5.88 Å². The molecular weight excluding hydrogens is 264 g/mol. The number of nitrogens with zero attached hydrogens (tertiary/aromatic N) is 3. The minimum absolute atomic E-state index is 0.0129. The quantitative estimate of drug-likeness (QED) is 0.647. The Morgan fingerprint density at radius 2 is 2.30 bits per heavy atom. The summed E-state index contributed by atoms with van der Waals surface area (Å²) in [6.45, 7) is 2.53. The molecule has 0 saturated carbocycles. The van der Waals surface area contributed by atoms with Crippen molar-refractivity contribution in [3.05, 3.63) is 15.8 Å². The molecular formula is C12H18N4O4. The zero-order chi connectivity index (χ0) is 14.5. The number of aromatic nitrogens is 2. The van der Waals surface area contributed by atoms with Crippen LogP contribution in [0.3, 0.4) is 0 Å². The SMILES string of the molecule is CNc1nc(C)c([N+](=O)[O-])c(OCC2CCCCO2)n1. The Balaban J connectivity index is 2.15. The third-order valence-corrected chi connectivity index (χ3v) is 3.11. The monoisotopic (exact) mass is 282 g/mol. The molecule has 20 heavy (non-hydrogen) atoms. The van der Waals surface area contributed by atoms with Crippen LogP contribution in [0.1, 0.15) is 25.0 Å². The fraction of sp³-hybridized carbons (Fsp3) is 0.667. The van der Waals surface area contributed by atoms with E-state index in [0.717, 1.165) is 19.3 Å². The highest BCUT2D eigenvalue weighted by Gasteiger charge is 2.25. The van der Waals surface area contributed by atoms with Crippen LogP contribution in [0, 0.1) is 17.0 Å². The number of nitro groups is 1. The Bertz CT molecular complexity index is 489. The first-order chi connectivity index (χ1) is 9.61. The smallest absolute Gasteiger partial charge is 0.352 e. The summed E-state index contributed by atoms with van der Waals surface area (Å²) in [5, 5.41) is 13.8. The highest BCUT2D eigenvalue weighted by atomic mass is 16.6. The van der Waals surface area contributed by atoms with E-state index < -0.39 is 4.92 Å². The molecule has 0 spiro atoms. The van der Waals surface area contributed by atoms with Crippen LogP contribution in [0.25, 0.3) is 0 Å². The number of aryl methyl sites for hydroxylation is 1. The van der Waals surface area contributed by atoms with Gasteiger partial charge in [0.1, 0.15) is 12.3 Å². The minimum Gasteiger partial charge on any atom is -0.470 e. The standard InChI is InChI=1S/C12H18N4O4/c1-8-10(16(17)18)11(15-12(13-2)14-8)20-7-9-5-3-4-6-19-9/h9H,3-7H2,1-2H3,(H,13,14,15). The average molecular weight is 282 g/mol. The first-order valence-corrected chi connectivity index (χ1v) is 6.57. The van der Waals surface area contributed by atoms with Gasteiger partial charge >= 0.3 is 5.69 Å². The summed E-state index contributed by atoms with van der Waals surface area (Å²) in [6.07, 6.45) is 3.00. The molecule has 0 amide bonds. The number of rotatable bonds is 5. The summed E-state index contributed by atoms with van der Waals surface area (Å²) >= 11 is 0. The van der Waals surface area contributed by atoms with E-state index in [1.807, 2.05) is 0 Å². The molecule has 110 valence electrons. The lowest BCUT2D eigenvalue weighted by Gasteiger charge is -2.22. The Kier molecular flexibility index (Phi) is 4.67. The van der Waals surface area contributed by atoms with Crippen LogP contribution in [0.4, 0.5) is 11.6 Å². The Labute approximate surface area is 116 Å². The minimum atomic E-state index is -0.522. The molecule has 1 atom stereocenters. The molecule has 8 nitrogen and oxygen atoms in total. The van der Waals surface area contributed by atoms with Crippen LogP contribution in [0.5, 0.6) is 5.88 Å². The van der Waals surface area contributed by atoms with E-state index in [1.165, 1.54) is 0 Å². The fourth-order valence-corrected chi connectivity index (χ4v) is 2.07. The molecule has 0 radical (unpaired) electrons. The fourth-order valence-electron chi connectivity index (χ4n) is 2.07. The van der Waals surface area contributed by atoms with Gasteiger partial charge in [0.2, 0.25) is 5.95 Å². The molecule has 1 fully saturated rings. The number of nitrogens with one attached hydrogen (secondary N) is 1. The van der Waals surface area contributed by atoms with E-state index in [1.54, 1.807) is 14.0 Å². The lowest BCUT2D eigenvalue weighted by atomic mass is 10.1. The van der Waals surface area contributed by atoms with E-state index in [0.29, 0.717) is 12.6 Å². The second-order valence-electron chi connectivity index (χ2n) is 4.59. The van der Waals surface area contributed by atoms with Crippen molar-refractivity contribution >= 4 is 11.6 Å². The maximum absolute atomic E-state index is 11.1. The molecule has 0 bridgehead atoms. The van der Waals surface area contributed by atoms with E-state index >= 15 is 0 Å². The molecule has 2 heterocycles. The molecule has 0 aliphatic carbocycles. The highest BCUT2D eigenvalue weighted by molar-refractivity contribution is 5.48. The van der Waals surface area contributed by atoms with Crippen LogP contribution in [0.2, 0.25) is 0 Å². The van der Waals surface area contributed by atoms with Crippen molar-refractivity contribution in [2.45, 2.75) is 32.3 Å². The molecule has 1 aromatic rings. The Morgan fingerprint density at radius 1 is 1.50 bits per heavy atom.